The molecule has 3 rings (SSSR count). The molecule has 2 aromatic carbocycles. The van der Waals surface area contributed by atoms with Crippen LogP contribution in [0, 0.1) is 10.1 Å². The van der Waals surface area contributed by atoms with Crippen molar-refractivity contribution in [2.75, 3.05) is 0 Å². The van der Waals surface area contributed by atoms with Crippen molar-refractivity contribution in [3.05, 3.63) is 78.7 Å². The second-order valence-corrected chi connectivity index (χ2v) is 7.26. The molecule has 28 heavy (non-hydrogen) atoms. The minimum absolute atomic E-state index is 0.0503. The highest BCUT2D eigenvalue weighted by molar-refractivity contribution is 8.18. The number of hydrazine groups is 1. The van der Waals surface area contributed by atoms with E-state index in [2.05, 4.69) is 5.43 Å². The van der Waals surface area contributed by atoms with Crippen LogP contribution in [0.5, 0.6) is 0 Å². The van der Waals surface area contributed by atoms with Crippen LogP contribution in [0.4, 0.5) is 10.5 Å². The van der Waals surface area contributed by atoms with Crippen LogP contribution in [0.15, 0.2) is 47.4 Å². The van der Waals surface area contributed by atoms with Crippen molar-refractivity contribution in [3.63, 3.8) is 0 Å². The molecule has 1 N–H and O–H groups in total. The summed E-state index contributed by atoms with van der Waals surface area (Å²) in [5.41, 5.74) is 2.54. The quantitative estimate of drug-likeness (QED) is 0.434. The largest absolute Gasteiger partial charge is 0.312 e. The number of thioether (sulfide) groups is 1. The summed E-state index contributed by atoms with van der Waals surface area (Å²) >= 11 is 12.5. The first kappa shape index (κ1) is 19.9. The average Bonchev–Trinajstić information content (AvgIpc) is 2.91. The molecule has 1 saturated heterocycles. The Morgan fingerprint density at radius 2 is 1.82 bits per heavy atom. The normalized spacial score (nSPS) is 15.2. The first-order chi connectivity index (χ1) is 13.3. The van der Waals surface area contributed by atoms with Crippen LogP contribution in [-0.2, 0) is 4.79 Å². The summed E-state index contributed by atoms with van der Waals surface area (Å²) < 4.78 is 0. The minimum atomic E-state index is -0.761. The van der Waals surface area contributed by atoms with Gasteiger partial charge in [0.15, 0.2) is 0 Å². The van der Waals surface area contributed by atoms with Gasteiger partial charge >= 0.3 is 5.24 Å². The Bertz CT molecular complexity index is 1040. The third-order valence-corrected chi connectivity index (χ3v) is 5.03. The number of nitrogens with zero attached hydrogens (tertiary/aromatic N) is 2. The molecule has 0 unspecified atom stereocenters. The van der Waals surface area contributed by atoms with E-state index in [0.717, 1.165) is 12.1 Å². The molecule has 3 amide bonds. The Labute approximate surface area is 172 Å². The third-order valence-electron chi connectivity index (χ3n) is 3.60. The van der Waals surface area contributed by atoms with E-state index in [9.17, 15) is 24.5 Å². The van der Waals surface area contributed by atoms with E-state index in [4.69, 9.17) is 23.2 Å². The van der Waals surface area contributed by atoms with Gasteiger partial charge in [-0.05, 0) is 47.7 Å². The summed E-state index contributed by atoms with van der Waals surface area (Å²) in [4.78, 5) is 46.9. The number of hydrogen-bond donors (Lipinski definition) is 1. The lowest BCUT2D eigenvalue weighted by molar-refractivity contribution is -0.384. The maximum atomic E-state index is 12.5. The molecule has 8 nitrogen and oxygen atoms in total. The number of hydrogen-bond acceptors (Lipinski definition) is 6. The molecule has 142 valence electrons. The van der Waals surface area contributed by atoms with Gasteiger partial charge in [-0.1, -0.05) is 29.3 Å². The topological polar surface area (TPSA) is 110 Å². The zero-order chi connectivity index (χ0) is 20.4. The smallest absolute Gasteiger partial charge is 0.267 e. The van der Waals surface area contributed by atoms with Gasteiger partial charge in [0.05, 0.1) is 9.83 Å². The summed E-state index contributed by atoms with van der Waals surface area (Å²) in [6.45, 7) is 0. The van der Waals surface area contributed by atoms with Crippen LogP contribution in [-0.4, -0.2) is 27.0 Å². The summed E-state index contributed by atoms with van der Waals surface area (Å²) in [6, 6.07) is 9.39. The van der Waals surface area contributed by atoms with Gasteiger partial charge in [0.1, 0.15) is 0 Å². The lowest BCUT2D eigenvalue weighted by Crippen LogP contribution is -2.44. The van der Waals surface area contributed by atoms with Crippen LogP contribution in [0.1, 0.15) is 15.9 Å². The highest BCUT2D eigenvalue weighted by atomic mass is 35.5. The summed E-state index contributed by atoms with van der Waals surface area (Å²) in [5, 5.41) is 11.3. The average molecular weight is 438 g/mol. The number of imide groups is 1. The Hall–Kier alpha value is -2.88. The Balaban J connectivity index is 1.77. The number of rotatable bonds is 4. The van der Waals surface area contributed by atoms with Gasteiger partial charge in [-0.2, -0.15) is 5.01 Å². The fraction of sp³-hybridized carbons (Fsp3) is 0. The molecular weight excluding hydrogens is 429 g/mol. The number of nitro groups is 1. The molecular formula is C17H9Cl2N3O5S. The van der Waals surface area contributed by atoms with Crippen molar-refractivity contribution in [1.82, 2.24) is 10.4 Å². The SMILES string of the molecule is O=C(NN1C(=O)SC(=Cc2ccc(Cl)cc2Cl)C1=O)c1ccc([N+](=O)[O-])cc1. The van der Waals surface area contributed by atoms with Gasteiger partial charge in [-0.15, -0.1) is 0 Å². The van der Waals surface area contributed by atoms with E-state index in [0.29, 0.717) is 32.4 Å². The molecule has 1 aliphatic heterocycles. The zero-order valence-corrected chi connectivity index (χ0v) is 16.0. The van der Waals surface area contributed by atoms with E-state index < -0.39 is 22.0 Å². The number of amides is 3. The van der Waals surface area contributed by atoms with E-state index in [-0.39, 0.29) is 16.2 Å². The summed E-state index contributed by atoms with van der Waals surface area (Å²) in [7, 11) is 0. The lowest BCUT2D eigenvalue weighted by atomic mass is 10.2. The van der Waals surface area contributed by atoms with E-state index in [1.54, 1.807) is 12.1 Å². The fourth-order valence-corrected chi connectivity index (χ4v) is 3.46. The number of benzene rings is 2. The Kier molecular flexibility index (Phi) is 5.68. The molecule has 0 aliphatic carbocycles. The van der Waals surface area contributed by atoms with Crippen molar-refractivity contribution < 1.29 is 19.3 Å². The third kappa shape index (κ3) is 4.16. The van der Waals surface area contributed by atoms with Crippen molar-refractivity contribution in [2.45, 2.75) is 0 Å². The first-order valence-corrected chi connectivity index (χ1v) is 9.12. The molecule has 1 fully saturated rings. The maximum Gasteiger partial charge on any atom is 0.312 e. The molecule has 0 saturated carbocycles. The van der Waals surface area contributed by atoms with Crippen molar-refractivity contribution >= 4 is 63.8 Å². The van der Waals surface area contributed by atoms with Crippen LogP contribution >= 0.6 is 35.0 Å². The van der Waals surface area contributed by atoms with E-state index in [1.165, 1.54) is 24.3 Å². The van der Waals surface area contributed by atoms with Gasteiger partial charge in [0, 0.05) is 27.7 Å². The molecule has 0 bridgehead atoms. The summed E-state index contributed by atoms with van der Waals surface area (Å²) in [5.74, 6) is -1.49. The van der Waals surface area contributed by atoms with Gasteiger partial charge in [0.25, 0.3) is 17.5 Å². The first-order valence-electron chi connectivity index (χ1n) is 7.54. The minimum Gasteiger partial charge on any atom is -0.267 e. The number of carbonyl (C=O) groups is 3. The van der Waals surface area contributed by atoms with Crippen LogP contribution in [0.2, 0.25) is 10.0 Å². The van der Waals surface area contributed by atoms with Crippen LogP contribution in [0.25, 0.3) is 6.08 Å². The van der Waals surface area contributed by atoms with Crippen LogP contribution < -0.4 is 5.43 Å². The Morgan fingerprint density at radius 3 is 2.43 bits per heavy atom. The predicted molar refractivity (Wildman–Crippen MR) is 105 cm³/mol. The highest BCUT2D eigenvalue weighted by Gasteiger charge is 2.36. The van der Waals surface area contributed by atoms with Crippen molar-refractivity contribution in [2.24, 2.45) is 0 Å². The van der Waals surface area contributed by atoms with Crippen molar-refractivity contribution in [1.29, 1.82) is 0 Å². The number of carbonyl (C=O) groups excluding carboxylic acids is 3. The van der Waals surface area contributed by atoms with Gasteiger partial charge < -0.3 is 0 Å². The fourth-order valence-electron chi connectivity index (χ4n) is 2.22. The maximum absolute atomic E-state index is 12.5. The second kappa shape index (κ2) is 8.01. The molecule has 1 aliphatic rings. The number of nitrogens with one attached hydrogen (secondary N) is 1. The van der Waals surface area contributed by atoms with Crippen LogP contribution in [0.3, 0.4) is 0 Å². The Morgan fingerprint density at radius 1 is 1.14 bits per heavy atom. The van der Waals surface area contributed by atoms with Gasteiger partial charge in [-0.25, -0.2) is 0 Å². The lowest BCUT2D eigenvalue weighted by Gasteiger charge is -2.13. The molecule has 11 heteroatoms. The predicted octanol–water partition coefficient (Wildman–Crippen LogP) is 4.28. The zero-order valence-electron chi connectivity index (χ0n) is 13.7. The monoisotopic (exact) mass is 437 g/mol. The van der Waals surface area contributed by atoms with Crippen molar-refractivity contribution in [3.8, 4) is 0 Å². The highest BCUT2D eigenvalue weighted by Crippen LogP contribution is 2.33. The molecule has 1 heterocycles. The molecule has 0 radical (unpaired) electrons. The molecule has 0 aromatic heterocycles. The molecule has 2 aromatic rings. The molecule has 0 spiro atoms. The van der Waals surface area contributed by atoms with E-state index in [1.807, 2.05) is 0 Å². The number of nitro benzene ring substituents is 1. The van der Waals surface area contributed by atoms with Gasteiger partial charge in [-0.3, -0.25) is 29.9 Å². The second-order valence-electron chi connectivity index (χ2n) is 5.43. The molecule has 0 atom stereocenters. The standard InChI is InChI=1S/C17H9Cl2N3O5S/c18-11-4-1-10(13(19)8-11)7-14-16(24)21(17(25)28-14)20-15(23)9-2-5-12(6-3-9)22(26)27/h1-8H,(H,20,23). The number of non-ortho nitro benzene ring substituents is 1. The van der Waals surface area contributed by atoms with E-state index >= 15 is 0 Å². The van der Waals surface area contributed by atoms with Gasteiger partial charge in [0.2, 0.25) is 0 Å². The summed E-state index contributed by atoms with van der Waals surface area (Å²) in [6.07, 6.45) is 1.42. The number of halogens is 2.